The van der Waals surface area contributed by atoms with Gasteiger partial charge in [0, 0.05) is 37.8 Å². The van der Waals surface area contributed by atoms with Gasteiger partial charge in [-0.25, -0.2) is 4.39 Å². The molecule has 1 aromatic carbocycles. The number of aromatic hydroxyl groups is 1. The molecule has 2 rings (SSSR count). The van der Waals surface area contributed by atoms with Gasteiger partial charge in [-0.05, 0) is 28.9 Å². The van der Waals surface area contributed by atoms with E-state index in [4.69, 9.17) is 0 Å². The zero-order valence-electron chi connectivity index (χ0n) is 10.0. The van der Waals surface area contributed by atoms with E-state index in [1.54, 1.807) is 0 Å². The number of rotatable bonds is 2. The maximum Gasteiger partial charge on any atom is 0.201 e. The Morgan fingerprint density at radius 1 is 1.33 bits per heavy atom. The minimum Gasteiger partial charge on any atom is -0.505 e. The number of halogens is 3. The SMILES string of the molecule is C[C@@H](c1cc(Br)c(F)c(F)c1O)N1CCNCC1. The van der Waals surface area contributed by atoms with E-state index in [0.717, 1.165) is 26.2 Å². The summed E-state index contributed by atoms with van der Waals surface area (Å²) >= 11 is 2.97. The summed E-state index contributed by atoms with van der Waals surface area (Å²) in [5, 5.41) is 12.9. The van der Waals surface area contributed by atoms with Crippen LogP contribution in [0.25, 0.3) is 0 Å². The fourth-order valence-corrected chi connectivity index (χ4v) is 2.61. The molecular weight excluding hydrogens is 306 g/mol. The van der Waals surface area contributed by atoms with Gasteiger partial charge in [-0.3, -0.25) is 4.90 Å². The van der Waals surface area contributed by atoms with E-state index in [-0.39, 0.29) is 10.5 Å². The van der Waals surface area contributed by atoms with Crippen molar-refractivity contribution in [1.29, 1.82) is 0 Å². The number of piperazine rings is 1. The first-order chi connectivity index (χ1) is 8.52. The zero-order chi connectivity index (χ0) is 13.3. The van der Waals surface area contributed by atoms with Crippen LogP contribution in [-0.2, 0) is 0 Å². The van der Waals surface area contributed by atoms with Crippen molar-refractivity contribution >= 4 is 15.9 Å². The van der Waals surface area contributed by atoms with Gasteiger partial charge >= 0.3 is 0 Å². The molecule has 0 aliphatic carbocycles. The highest BCUT2D eigenvalue weighted by Crippen LogP contribution is 2.35. The summed E-state index contributed by atoms with van der Waals surface area (Å²) in [6, 6.07) is 1.29. The fourth-order valence-electron chi connectivity index (χ4n) is 2.19. The Kier molecular flexibility index (Phi) is 4.19. The van der Waals surface area contributed by atoms with Crippen LogP contribution in [0.1, 0.15) is 18.5 Å². The lowest BCUT2D eigenvalue weighted by atomic mass is 10.0. The van der Waals surface area contributed by atoms with Crippen LogP contribution in [0.4, 0.5) is 8.78 Å². The Labute approximate surface area is 113 Å². The monoisotopic (exact) mass is 320 g/mol. The summed E-state index contributed by atoms with van der Waals surface area (Å²) in [4.78, 5) is 2.12. The summed E-state index contributed by atoms with van der Waals surface area (Å²) in [7, 11) is 0. The minimum atomic E-state index is -1.19. The van der Waals surface area contributed by atoms with Crippen molar-refractivity contribution in [1.82, 2.24) is 10.2 Å². The third-order valence-corrected chi connectivity index (χ3v) is 3.89. The smallest absolute Gasteiger partial charge is 0.201 e. The summed E-state index contributed by atoms with van der Waals surface area (Å²) in [5.41, 5.74) is 0.405. The van der Waals surface area contributed by atoms with E-state index < -0.39 is 17.4 Å². The molecule has 0 spiro atoms. The van der Waals surface area contributed by atoms with Crippen LogP contribution in [0.3, 0.4) is 0 Å². The van der Waals surface area contributed by atoms with Crippen LogP contribution >= 0.6 is 15.9 Å². The molecule has 3 nitrogen and oxygen atoms in total. The predicted octanol–water partition coefficient (Wildman–Crippen LogP) is 2.40. The maximum absolute atomic E-state index is 13.5. The average molecular weight is 321 g/mol. The van der Waals surface area contributed by atoms with Gasteiger partial charge in [0.25, 0.3) is 0 Å². The molecule has 2 N–H and O–H groups in total. The number of phenols is 1. The third kappa shape index (κ3) is 2.50. The first-order valence-corrected chi connectivity index (χ1v) is 6.62. The summed E-state index contributed by atoms with van der Waals surface area (Å²) in [6.07, 6.45) is 0. The minimum absolute atomic E-state index is 0.0368. The summed E-state index contributed by atoms with van der Waals surface area (Å²) in [6.45, 7) is 5.23. The van der Waals surface area contributed by atoms with Crippen LogP contribution in [0, 0.1) is 11.6 Å². The number of benzene rings is 1. The second-order valence-corrected chi connectivity index (χ2v) is 5.24. The third-order valence-electron chi connectivity index (χ3n) is 3.32. The molecule has 0 unspecified atom stereocenters. The van der Waals surface area contributed by atoms with E-state index in [1.807, 2.05) is 6.92 Å². The summed E-state index contributed by atoms with van der Waals surface area (Å²) in [5.74, 6) is -2.84. The molecular formula is C12H15BrF2N2O. The van der Waals surface area contributed by atoms with Crippen molar-refractivity contribution in [2.24, 2.45) is 0 Å². The van der Waals surface area contributed by atoms with E-state index >= 15 is 0 Å². The maximum atomic E-state index is 13.5. The van der Waals surface area contributed by atoms with Crippen molar-refractivity contribution in [3.8, 4) is 5.75 Å². The normalized spacial score (nSPS) is 18.9. The van der Waals surface area contributed by atoms with E-state index in [0.29, 0.717) is 5.56 Å². The van der Waals surface area contributed by atoms with E-state index in [2.05, 4.69) is 26.1 Å². The quantitative estimate of drug-likeness (QED) is 0.821. The Morgan fingerprint density at radius 2 is 1.94 bits per heavy atom. The number of hydrogen-bond acceptors (Lipinski definition) is 3. The topological polar surface area (TPSA) is 35.5 Å². The number of hydrogen-bond donors (Lipinski definition) is 2. The Balaban J connectivity index is 2.32. The van der Waals surface area contributed by atoms with Crippen LogP contribution in [-0.4, -0.2) is 36.2 Å². The molecule has 1 aromatic rings. The Morgan fingerprint density at radius 3 is 2.56 bits per heavy atom. The molecule has 1 aliphatic heterocycles. The highest BCUT2D eigenvalue weighted by molar-refractivity contribution is 9.10. The molecule has 1 saturated heterocycles. The van der Waals surface area contributed by atoms with Gasteiger partial charge in [-0.2, -0.15) is 4.39 Å². The Bertz CT molecular complexity index is 450. The second kappa shape index (κ2) is 5.50. The highest BCUT2D eigenvalue weighted by Gasteiger charge is 2.24. The van der Waals surface area contributed by atoms with Gasteiger partial charge in [0.05, 0.1) is 4.47 Å². The van der Waals surface area contributed by atoms with Crippen LogP contribution < -0.4 is 5.32 Å². The molecule has 1 atom stereocenters. The molecule has 100 valence electrons. The molecule has 1 fully saturated rings. The van der Waals surface area contributed by atoms with Gasteiger partial charge < -0.3 is 10.4 Å². The lowest BCUT2D eigenvalue weighted by molar-refractivity contribution is 0.182. The zero-order valence-corrected chi connectivity index (χ0v) is 11.6. The van der Waals surface area contributed by atoms with Crippen molar-refractivity contribution in [2.75, 3.05) is 26.2 Å². The molecule has 6 heteroatoms. The number of phenolic OH excluding ortho intramolecular Hbond substituents is 1. The lowest BCUT2D eigenvalue weighted by Gasteiger charge is -2.33. The molecule has 0 saturated carbocycles. The van der Waals surface area contributed by atoms with E-state index in [1.165, 1.54) is 6.07 Å². The molecule has 0 radical (unpaired) electrons. The number of nitrogens with one attached hydrogen (secondary N) is 1. The summed E-state index contributed by atoms with van der Waals surface area (Å²) < 4.78 is 26.8. The molecule has 0 amide bonds. The van der Waals surface area contributed by atoms with Gasteiger partial charge in [0.15, 0.2) is 11.6 Å². The highest BCUT2D eigenvalue weighted by atomic mass is 79.9. The van der Waals surface area contributed by atoms with Crippen molar-refractivity contribution in [3.05, 3.63) is 27.7 Å². The standard InChI is InChI=1S/C12H15BrF2N2O/c1-7(17-4-2-16-3-5-17)8-6-9(13)10(14)11(15)12(8)18/h6-7,16,18H,2-5H2,1H3/t7-/m0/s1. The first kappa shape index (κ1) is 13.7. The fraction of sp³-hybridized carbons (Fsp3) is 0.500. The second-order valence-electron chi connectivity index (χ2n) is 4.39. The van der Waals surface area contributed by atoms with Crippen LogP contribution in [0.15, 0.2) is 10.5 Å². The first-order valence-electron chi connectivity index (χ1n) is 5.83. The number of nitrogens with zero attached hydrogens (tertiary/aromatic N) is 1. The molecule has 1 aliphatic rings. The van der Waals surface area contributed by atoms with Gasteiger partial charge in [-0.15, -0.1) is 0 Å². The largest absolute Gasteiger partial charge is 0.505 e. The molecule has 1 heterocycles. The van der Waals surface area contributed by atoms with Crippen molar-refractivity contribution in [3.63, 3.8) is 0 Å². The van der Waals surface area contributed by atoms with Crippen LogP contribution in [0.5, 0.6) is 5.75 Å². The van der Waals surface area contributed by atoms with Gasteiger partial charge in [-0.1, -0.05) is 0 Å². The van der Waals surface area contributed by atoms with Crippen molar-refractivity contribution in [2.45, 2.75) is 13.0 Å². The van der Waals surface area contributed by atoms with Crippen molar-refractivity contribution < 1.29 is 13.9 Å². The lowest BCUT2D eigenvalue weighted by Crippen LogP contribution is -2.44. The molecule has 18 heavy (non-hydrogen) atoms. The predicted molar refractivity (Wildman–Crippen MR) is 68.6 cm³/mol. The molecule has 0 bridgehead atoms. The van der Waals surface area contributed by atoms with Gasteiger partial charge in [0.1, 0.15) is 0 Å². The average Bonchev–Trinajstić information content (AvgIpc) is 2.41. The molecule has 0 aromatic heterocycles. The van der Waals surface area contributed by atoms with E-state index in [9.17, 15) is 13.9 Å². The van der Waals surface area contributed by atoms with Crippen LogP contribution in [0.2, 0.25) is 0 Å². The Hall–Kier alpha value is -0.720. The van der Waals surface area contributed by atoms with Gasteiger partial charge in [0.2, 0.25) is 5.82 Å².